The molecule has 114 valence electrons. The van der Waals surface area contributed by atoms with Crippen LogP contribution in [-0.4, -0.2) is 4.98 Å². The maximum Gasteiger partial charge on any atom is 0.183 e. The normalized spacial score (nSPS) is 12.0. The average molecular weight is 320 g/mol. The van der Waals surface area contributed by atoms with E-state index in [1.54, 1.807) is 11.8 Å². The van der Waals surface area contributed by atoms with Gasteiger partial charge in [-0.25, -0.2) is 4.98 Å². The highest BCUT2D eigenvalue weighted by Crippen LogP contribution is 2.48. The third kappa shape index (κ3) is 2.78. The predicted octanol–water partition coefficient (Wildman–Crippen LogP) is 5.26. The van der Waals surface area contributed by atoms with E-state index < -0.39 is 0 Å². The summed E-state index contributed by atoms with van der Waals surface area (Å²) < 4.78 is 6.08. The third-order valence-corrected chi connectivity index (χ3v) is 4.91. The first-order valence-corrected chi connectivity index (χ1v) is 8.35. The molecule has 4 rings (SSSR count). The number of hydrogen-bond acceptors (Lipinski definition) is 4. The van der Waals surface area contributed by atoms with Gasteiger partial charge in [0.15, 0.2) is 5.75 Å². The number of fused-ring (bicyclic) bond motifs is 2. The molecule has 2 aromatic carbocycles. The van der Waals surface area contributed by atoms with Gasteiger partial charge in [-0.1, -0.05) is 48.2 Å². The summed E-state index contributed by atoms with van der Waals surface area (Å²) in [5.74, 6) is 1.70. The molecule has 2 heterocycles. The van der Waals surface area contributed by atoms with E-state index in [0.717, 1.165) is 33.7 Å². The van der Waals surface area contributed by atoms with Crippen molar-refractivity contribution < 1.29 is 4.74 Å². The fourth-order valence-corrected chi connectivity index (χ4v) is 3.49. The molecule has 0 unspecified atom stereocenters. The molecule has 0 atom stereocenters. The van der Waals surface area contributed by atoms with Gasteiger partial charge in [0, 0.05) is 12.7 Å². The zero-order valence-electron chi connectivity index (χ0n) is 12.7. The van der Waals surface area contributed by atoms with Crippen LogP contribution in [0.25, 0.3) is 0 Å². The molecule has 3 aromatic rings. The van der Waals surface area contributed by atoms with Crippen LogP contribution in [0.2, 0.25) is 0 Å². The van der Waals surface area contributed by atoms with Gasteiger partial charge in [0.2, 0.25) is 0 Å². The van der Waals surface area contributed by atoms with Crippen LogP contribution in [0.5, 0.6) is 11.5 Å². The summed E-state index contributed by atoms with van der Waals surface area (Å²) in [6.45, 7) is 2.89. The fraction of sp³-hybridized carbons (Fsp3) is 0.105. The molecule has 23 heavy (non-hydrogen) atoms. The lowest BCUT2D eigenvalue weighted by Crippen LogP contribution is -2.05. The Bertz CT molecular complexity index is 863. The zero-order valence-corrected chi connectivity index (χ0v) is 13.6. The van der Waals surface area contributed by atoms with Gasteiger partial charge < -0.3 is 10.1 Å². The van der Waals surface area contributed by atoms with E-state index in [9.17, 15) is 0 Å². The van der Waals surface area contributed by atoms with E-state index in [1.165, 1.54) is 11.1 Å². The standard InChI is InChI=1S/C19H16N2OS/c1-13-6-2-3-7-14(13)12-21-15-10-11-20-19-18(15)22-16-8-4-5-9-17(16)23-19/h2-11H,12H2,1H3,(H,20,21). The Morgan fingerprint density at radius 3 is 2.78 bits per heavy atom. The van der Waals surface area contributed by atoms with Crippen LogP contribution < -0.4 is 10.1 Å². The minimum atomic E-state index is 0.763. The SMILES string of the molecule is Cc1ccccc1CNc1ccnc2c1Oc1ccccc1S2. The van der Waals surface area contributed by atoms with Crippen LogP contribution in [0.15, 0.2) is 70.7 Å². The number of hydrogen-bond donors (Lipinski definition) is 1. The molecular weight excluding hydrogens is 304 g/mol. The quantitative estimate of drug-likeness (QED) is 0.558. The molecule has 1 aromatic heterocycles. The largest absolute Gasteiger partial charge is 0.451 e. The maximum absolute atomic E-state index is 6.08. The van der Waals surface area contributed by atoms with Gasteiger partial charge in [-0.05, 0) is 36.2 Å². The molecule has 3 nitrogen and oxygen atoms in total. The Morgan fingerprint density at radius 2 is 1.87 bits per heavy atom. The van der Waals surface area contributed by atoms with Crippen molar-refractivity contribution in [3.05, 3.63) is 71.9 Å². The second-order valence-electron chi connectivity index (χ2n) is 5.42. The molecule has 0 amide bonds. The molecule has 1 aliphatic rings. The van der Waals surface area contributed by atoms with Crippen molar-refractivity contribution in [2.45, 2.75) is 23.4 Å². The summed E-state index contributed by atoms with van der Waals surface area (Å²) >= 11 is 1.65. The van der Waals surface area contributed by atoms with Crippen molar-refractivity contribution in [2.24, 2.45) is 0 Å². The fourth-order valence-electron chi connectivity index (χ4n) is 2.57. The number of aryl methyl sites for hydroxylation is 1. The second-order valence-corrected chi connectivity index (χ2v) is 6.45. The zero-order chi connectivity index (χ0) is 15.6. The first-order chi connectivity index (χ1) is 11.3. The Hall–Kier alpha value is -2.46. The van der Waals surface area contributed by atoms with Crippen molar-refractivity contribution >= 4 is 17.4 Å². The van der Waals surface area contributed by atoms with E-state index in [4.69, 9.17) is 4.74 Å². The molecular formula is C19H16N2OS. The predicted molar refractivity (Wildman–Crippen MR) is 93.4 cm³/mol. The van der Waals surface area contributed by atoms with Crippen LogP contribution in [-0.2, 0) is 6.54 Å². The van der Waals surface area contributed by atoms with Crippen molar-refractivity contribution in [3.63, 3.8) is 0 Å². The number of para-hydroxylation sites is 1. The molecule has 0 bridgehead atoms. The Kier molecular flexibility index (Phi) is 3.67. The number of benzene rings is 2. The van der Waals surface area contributed by atoms with Gasteiger partial charge >= 0.3 is 0 Å². The lowest BCUT2D eigenvalue weighted by molar-refractivity contribution is 0.451. The Balaban J connectivity index is 1.61. The van der Waals surface area contributed by atoms with Gasteiger partial charge in [-0.3, -0.25) is 0 Å². The molecule has 1 N–H and O–H groups in total. The van der Waals surface area contributed by atoms with Gasteiger partial charge in [0.25, 0.3) is 0 Å². The van der Waals surface area contributed by atoms with Crippen molar-refractivity contribution in [1.29, 1.82) is 0 Å². The smallest absolute Gasteiger partial charge is 0.183 e. The van der Waals surface area contributed by atoms with Gasteiger partial charge in [-0.2, -0.15) is 0 Å². The number of ether oxygens (including phenoxy) is 1. The minimum absolute atomic E-state index is 0.763. The van der Waals surface area contributed by atoms with Crippen LogP contribution in [0.3, 0.4) is 0 Å². The number of anilines is 1. The van der Waals surface area contributed by atoms with E-state index in [-0.39, 0.29) is 0 Å². The van der Waals surface area contributed by atoms with Crippen molar-refractivity contribution in [1.82, 2.24) is 4.98 Å². The first-order valence-electron chi connectivity index (χ1n) is 7.53. The Morgan fingerprint density at radius 1 is 1.04 bits per heavy atom. The minimum Gasteiger partial charge on any atom is -0.451 e. The molecule has 0 saturated carbocycles. The topological polar surface area (TPSA) is 34.2 Å². The summed E-state index contributed by atoms with van der Waals surface area (Å²) in [5, 5.41) is 4.38. The Labute approximate surface area is 139 Å². The number of rotatable bonds is 3. The summed E-state index contributed by atoms with van der Waals surface area (Å²) in [6.07, 6.45) is 1.82. The number of nitrogens with zero attached hydrogens (tertiary/aromatic N) is 1. The summed E-state index contributed by atoms with van der Waals surface area (Å²) in [4.78, 5) is 5.55. The van der Waals surface area contributed by atoms with Crippen molar-refractivity contribution in [3.8, 4) is 11.5 Å². The molecule has 0 aliphatic carbocycles. The number of nitrogens with one attached hydrogen (secondary N) is 1. The van der Waals surface area contributed by atoms with Crippen LogP contribution >= 0.6 is 11.8 Å². The van der Waals surface area contributed by atoms with Crippen LogP contribution in [0, 0.1) is 6.92 Å². The lowest BCUT2D eigenvalue weighted by atomic mass is 10.1. The highest BCUT2D eigenvalue weighted by Gasteiger charge is 2.21. The van der Waals surface area contributed by atoms with Gasteiger partial charge in [0.05, 0.1) is 10.6 Å². The maximum atomic E-state index is 6.08. The van der Waals surface area contributed by atoms with E-state index >= 15 is 0 Å². The molecule has 0 spiro atoms. The molecule has 4 heteroatoms. The summed E-state index contributed by atoms with van der Waals surface area (Å²) in [5.41, 5.74) is 3.53. The summed E-state index contributed by atoms with van der Waals surface area (Å²) in [6, 6.07) is 18.4. The first kappa shape index (κ1) is 14.2. The van der Waals surface area contributed by atoms with Crippen LogP contribution in [0.4, 0.5) is 5.69 Å². The molecule has 1 aliphatic heterocycles. The van der Waals surface area contributed by atoms with E-state index in [0.29, 0.717) is 0 Å². The van der Waals surface area contributed by atoms with E-state index in [2.05, 4.69) is 47.6 Å². The highest BCUT2D eigenvalue weighted by molar-refractivity contribution is 7.99. The average Bonchev–Trinajstić information content (AvgIpc) is 2.59. The lowest BCUT2D eigenvalue weighted by Gasteiger charge is -2.21. The number of aromatic nitrogens is 1. The van der Waals surface area contributed by atoms with Crippen LogP contribution in [0.1, 0.15) is 11.1 Å². The second kappa shape index (κ2) is 5.97. The molecule has 0 fully saturated rings. The third-order valence-electron chi connectivity index (χ3n) is 3.87. The van der Waals surface area contributed by atoms with Crippen molar-refractivity contribution in [2.75, 3.05) is 5.32 Å². The number of pyridine rings is 1. The summed E-state index contributed by atoms with van der Waals surface area (Å²) in [7, 11) is 0. The molecule has 0 saturated heterocycles. The molecule has 0 radical (unpaired) electrons. The highest BCUT2D eigenvalue weighted by atomic mass is 32.2. The monoisotopic (exact) mass is 320 g/mol. The van der Waals surface area contributed by atoms with Gasteiger partial charge in [0.1, 0.15) is 10.8 Å². The van der Waals surface area contributed by atoms with E-state index in [1.807, 2.05) is 30.5 Å². The van der Waals surface area contributed by atoms with Gasteiger partial charge in [-0.15, -0.1) is 0 Å².